The summed E-state index contributed by atoms with van der Waals surface area (Å²) in [7, 11) is -3.68. The van der Waals surface area contributed by atoms with E-state index in [1.165, 1.54) is 0 Å². The van der Waals surface area contributed by atoms with Gasteiger partial charge < -0.3 is 4.42 Å². The highest BCUT2D eigenvalue weighted by Crippen LogP contribution is 2.38. The van der Waals surface area contributed by atoms with Gasteiger partial charge in [0.05, 0.1) is 4.90 Å². The molecule has 0 saturated heterocycles. The van der Waals surface area contributed by atoms with Gasteiger partial charge >= 0.3 is 0 Å². The van der Waals surface area contributed by atoms with Crippen molar-refractivity contribution in [2.45, 2.75) is 23.6 Å². The van der Waals surface area contributed by atoms with Crippen LogP contribution >= 0.6 is 15.9 Å². The second-order valence-corrected chi connectivity index (χ2v) is 8.91. The van der Waals surface area contributed by atoms with Crippen molar-refractivity contribution in [3.05, 3.63) is 70.4 Å². The summed E-state index contributed by atoms with van der Waals surface area (Å²) < 4.78 is 33.3. The Morgan fingerprint density at radius 1 is 0.920 bits per heavy atom. The number of sulfone groups is 1. The predicted octanol–water partition coefficient (Wildman–Crippen LogP) is 5.80. The van der Waals surface area contributed by atoms with Crippen LogP contribution in [0.2, 0.25) is 0 Å². The fourth-order valence-corrected chi connectivity index (χ4v) is 5.15. The fraction of sp³-hybridized carbons (Fsp3) is 0.100. The van der Waals surface area contributed by atoms with Crippen LogP contribution < -0.4 is 0 Å². The van der Waals surface area contributed by atoms with Crippen LogP contribution in [0.1, 0.15) is 11.3 Å². The molecule has 3 aromatic carbocycles. The van der Waals surface area contributed by atoms with E-state index in [4.69, 9.17) is 4.42 Å². The van der Waals surface area contributed by atoms with E-state index in [0.29, 0.717) is 16.7 Å². The van der Waals surface area contributed by atoms with Crippen molar-refractivity contribution in [1.29, 1.82) is 0 Å². The van der Waals surface area contributed by atoms with Crippen molar-refractivity contribution >= 4 is 47.5 Å². The number of hydrogen-bond acceptors (Lipinski definition) is 3. The van der Waals surface area contributed by atoms with Gasteiger partial charge in [-0.15, -0.1) is 0 Å². The van der Waals surface area contributed by atoms with Crippen LogP contribution in [0, 0.1) is 13.8 Å². The molecule has 0 aliphatic heterocycles. The fourth-order valence-electron chi connectivity index (χ4n) is 3.15. The van der Waals surface area contributed by atoms with E-state index in [0.717, 1.165) is 20.8 Å². The lowest BCUT2D eigenvalue weighted by molar-refractivity contribution is 0.558. The molecule has 25 heavy (non-hydrogen) atoms. The minimum absolute atomic E-state index is 0.249. The maximum Gasteiger partial charge on any atom is 0.210 e. The first-order chi connectivity index (χ1) is 11.9. The third kappa shape index (κ3) is 2.58. The molecule has 0 atom stereocenters. The summed E-state index contributed by atoms with van der Waals surface area (Å²) in [6.07, 6.45) is 0. The first-order valence-corrected chi connectivity index (χ1v) is 10.1. The molecule has 0 saturated carbocycles. The SMILES string of the molecule is Cc1ccc(S(=O)(=O)c2c(C)oc3ccc4cc(Br)ccc4c23)cc1. The van der Waals surface area contributed by atoms with Crippen molar-refractivity contribution in [2.75, 3.05) is 0 Å². The lowest BCUT2D eigenvalue weighted by atomic mass is 10.1. The lowest BCUT2D eigenvalue weighted by Gasteiger charge is -2.06. The maximum atomic E-state index is 13.3. The number of aryl methyl sites for hydroxylation is 2. The number of hydrogen-bond donors (Lipinski definition) is 0. The number of furan rings is 1. The van der Waals surface area contributed by atoms with Crippen molar-refractivity contribution < 1.29 is 12.8 Å². The summed E-state index contributed by atoms with van der Waals surface area (Å²) in [4.78, 5) is 0.525. The molecule has 5 heteroatoms. The quantitative estimate of drug-likeness (QED) is 0.416. The van der Waals surface area contributed by atoms with Crippen molar-refractivity contribution in [3.8, 4) is 0 Å². The highest BCUT2D eigenvalue weighted by Gasteiger charge is 2.27. The van der Waals surface area contributed by atoms with E-state index >= 15 is 0 Å². The minimum Gasteiger partial charge on any atom is -0.460 e. The van der Waals surface area contributed by atoms with Crippen LogP contribution in [0.5, 0.6) is 0 Å². The number of rotatable bonds is 2. The Bertz CT molecular complexity index is 1220. The summed E-state index contributed by atoms with van der Waals surface area (Å²) >= 11 is 3.46. The van der Waals surface area contributed by atoms with E-state index in [1.54, 1.807) is 31.2 Å². The van der Waals surface area contributed by atoms with Gasteiger partial charge in [0.15, 0.2) is 0 Å². The van der Waals surface area contributed by atoms with Gasteiger partial charge in [0.1, 0.15) is 16.2 Å². The van der Waals surface area contributed by atoms with Crippen molar-refractivity contribution in [2.24, 2.45) is 0 Å². The second-order valence-electron chi connectivity index (χ2n) is 6.11. The molecule has 3 nitrogen and oxygen atoms in total. The molecule has 1 aromatic heterocycles. The lowest BCUT2D eigenvalue weighted by Crippen LogP contribution is -2.03. The second kappa shape index (κ2) is 5.71. The standard InChI is InChI=1S/C20H15BrO3S/c1-12-3-7-16(8-4-12)25(22,23)20-13(2)24-18-10-5-14-11-15(21)6-9-17(14)19(18)20/h3-11H,1-2H3. The number of fused-ring (bicyclic) bond motifs is 3. The maximum absolute atomic E-state index is 13.3. The number of halogens is 1. The molecule has 0 unspecified atom stereocenters. The minimum atomic E-state index is -3.68. The van der Waals surface area contributed by atoms with Crippen molar-refractivity contribution in [3.63, 3.8) is 0 Å². The Morgan fingerprint density at radius 3 is 2.36 bits per heavy atom. The molecule has 0 aliphatic carbocycles. The molecule has 0 bridgehead atoms. The van der Waals surface area contributed by atoms with Gasteiger partial charge in [-0.3, -0.25) is 0 Å². The van der Waals surface area contributed by atoms with E-state index in [-0.39, 0.29) is 9.79 Å². The molecule has 0 aliphatic rings. The normalized spacial score (nSPS) is 12.1. The third-order valence-corrected chi connectivity index (χ3v) is 6.77. The molecule has 4 aromatic rings. The Labute approximate surface area is 154 Å². The summed E-state index contributed by atoms with van der Waals surface area (Å²) in [5.41, 5.74) is 1.60. The molecular formula is C20H15BrO3S. The highest BCUT2D eigenvalue weighted by atomic mass is 79.9. The summed E-state index contributed by atoms with van der Waals surface area (Å²) in [5, 5.41) is 2.47. The van der Waals surface area contributed by atoms with Crippen molar-refractivity contribution in [1.82, 2.24) is 0 Å². The smallest absolute Gasteiger partial charge is 0.210 e. The van der Waals surface area contributed by atoms with Gasteiger partial charge in [-0.05, 0) is 55.0 Å². The zero-order valence-corrected chi connectivity index (χ0v) is 16.1. The average Bonchev–Trinajstić information content (AvgIpc) is 2.92. The molecule has 126 valence electrons. The first-order valence-electron chi connectivity index (χ1n) is 7.81. The monoisotopic (exact) mass is 414 g/mol. The largest absolute Gasteiger partial charge is 0.460 e. The van der Waals surface area contributed by atoms with Crippen LogP contribution in [0.15, 0.2) is 73.3 Å². The first kappa shape index (κ1) is 16.4. The van der Waals surface area contributed by atoms with Gasteiger partial charge in [0.25, 0.3) is 0 Å². The van der Waals surface area contributed by atoms with E-state index < -0.39 is 9.84 Å². The topological polar surface area (TPSA) is 47.3 Å². The molecule has 0 spiro atoms. The van der Waals surface area contributed by atoms with E-state index in [1.807, 2.05) is 37.3 Å². The van der Waals surface area contributed by atoms with Gasteiger partial charge in [0.2, 0.25) is 9.84 Å². The molecule has 0 amide bonds. The van der Waals surface area contributed by atoms with Crippen LogP contribution in [0.4, 0.5) is 0 Å². The Kier molecular flexibility index (Phi) is 3.74. The number of benzene rings is 3. The molecule has 4 rings (SSSR count). The molecular weight excluding hydrogens is 400 g/mol. The summed E-state index contributed by atoms with van der Waals surface area (Å²) in [6, 6.07) is 16.5. The van der Waals surface area contributed by atoms with Gasteiger partial charge in [0, 0.05) is 9.86 Å². The van der Waals surface area contributed by atoms with Gasteiger partial charge in [-0.1, -0.05) is 45.8 Å². The zero-order chi connectivity index (χ0) is 17.8. The third-order valence-electron chi connectivity index (χ3n) is 4.35. The Morgan fingerprint density at radius 2 is 1.64 bits per heavy atom. The van der Waals surface area contributed by atoms with Crippen LogP contribution in [0.25, 0.3) is 21.7 Å². The molecule has 0 N–H and O–H groups in total. The predicted molar refractivity (Wildman–Crippen MR) is 103 cm³/mol. The van der Waals surface area contributed by atoms with E-state index in [9.17, 15) is 8.42 Å². The van der Waals surface area contributed by atoms with Crippen LogP contribution in [-0.2, 0) is 9.84 Å². The van der Waals surface area contributed by atoms with Gasteiger partial charge in [-0.25, -0.2) is 8.42 Å². The average molecular weight is 415 g/mol. The Balaban J connectivity index is 2.10. The summed E-state index contributed by atoms with van der Waals surface area (Å²) in [5.74, 6) is 0.408. The highest BCUT2D eigenvalue weighted by molar-refractivity contribution is 9.10. The van der Waals surface area contributed by atoms with Crippen LogP contribution in [-0.4, -0.2) is 8.42 Å². The zero-order valence-electron chi connectivity index (χ0n) is 13.7. The Hall–Kier alpha value is -2.11. The van der Waals surface area contributed by atoms with Gasteiger partial charge in [-0.2, -0.15) is 0 Å². The van der Waals surface area contributed by atoms with E-state index in [2.05, 4.69) is 15.9 Å². The van der Waals surface area contributed by atoms with Crippen LogP contribution in [0.3, 0.4) is 0 Å². The summed E-state index contributed by atoms with van der Waals surface area (Å²) in [6.45, 7) is 3.63. The molecule has 1 heterocycles. The molecule has 0 fully saturated rings. The molecule has 0 radical (unpaired) electrons.